The van der Waals surface area contributed by atoms with Gasteiger partial charge in [-0.3, -0.25) is 4.79 Å². The van der Waals surface area contributed by atoms with E-state index in [0.29, 0.717) is 13.0 Å². The number of hydrogen-bond donors (Lipinski definition) is 2. The largest absolute Gasteiger partial charge is 0.381 e. The molecular formula is C15H29ClN2O3. The van der Waals surface area contributed by atoms with Crippen LogP contribution in [0.3, 0.4) is 0 Å². The molecule has 2 rings (SSSR count). The predicted molar refractivity (Wildman–Crippen MR) is 84.9 cm³/mol. The van der Waals surface area contributed by atoms with Crippen molar-refractivity contribution in [2.24, 2.45) is 5.92 Å². The van der Waals surface area contributed by atoms with Crippen LogP contribution in [0.15, 0.2) is 0 Å². The third kappa shape index (κ3) is 8.00. The monoisotopic (exact) mass is 320 g/mol. The van der Waals surface area contributed by atoms with Crippen LogP contribution in [0.5, 0.6) is 0 Å². The maximum absolute atomic E-state index is 11.7. The fraction of sp³-hybridized carbons (Fsp3) is 0.933. The Labute approximate surface area is 133 Å². The molecule has 2 aliphatic rings. The van der Waals surface area contributed by atoms with Gasteiger partial charge in [0.05, 0.1) is 12.7 Å². The average Bonchev–Trinajstić information content (AvgIpc) is 2.49. The minimum atomic E-state index is 0. The molecule has 2 aliphatic heterocycles. The number of piperidine rings is 1. The lowest BCUT2D eigenvalue weighted by atomic mass is 9.96. The van der Waals surface area contributed by atoms with E-state index in [9.17, 15) is 4.79 Å². The van der Waals surface area contributed by atoms with Gasteiger partial charge in [0.15, 0.2) is 0 Å². The van der Waals surface area contributed by atoms with E-state index >= 15 is 0 Å². The van der Waals surface area contributed by atoms with E-state index in [-0.39, 0.29) is 24.4 Å². The van der Waals surface area contributed by atoms with Crippen LogP contribution in [0.25, 0.3) is 0 Å². The number of halogens is 1. The van der Waals surface area contributed by atoms with Crippen molar-refractivity contribution in [2.45, 2.75) is 44.6 Å². The summed E-state index contributed by atoms with van der Waals surface area (Å²) >= 11 is 0. The van der Waals surface area contributed by atoms with Gasteiger partial charge >= 0.3 is 0 Å². The number of carbonyl (C=O) groups is 1. The SMILES string of the molecule is Cl.O=C(CCOC1CCOCC1)NCCC1CCCNC1. The highest BCUT2D eigenvalue weighted by Gasteiger charge is 2.15. The highest BCUT2D eigenvalue weighted by atomic mass is 35.5. The molecule has 0 radical (unpaired) electrons. The molecule has 0 aliphatic carbocycles. The van der Waals surface area contributed by atoms with Crippen molar-refractivity contribution in [1.29, 1.82) is 0 Å². The van der Waals surface area contributed by atoms with Crippen molar-refractivity contribution in [2.75, 3.05) is 39.5 Å². The molecule has 2 heterocycles. The van der Waals surface area contributed by atoms with Crippen LogP contribution >= 0.6 is 12.4 Å². The molecule has 0 aromatic rings. The summed E-state index contributed by atoms with van der Waals surface area (Å²) in [5.74, 6) is 0.836. The van der Waals surface area contributed by atoms with E-state index in [1.54, 1.807) is 0 Å². The second-order valence-corrected chi connectivity index (χ2v) is 5.78. The summed E-state index contributed by atoms with van der Waals surface area (Å²) in [6, 6.07) is 0. The Balaban J connectivity index is 0.00000220. The van der Waals surface area contributed by atoms with Crippen molar-refractivity contribution < 1.29 is 14.3 Å². The minimum Gasteiger partial charge on any atom is -0.381 e. The molecule has 2 saturated heterocycles. The lowest BCUT2D eigenvalue weighted by Gasteiger charge is -2.23. The number of nitrogens with one attached hydrogen (secondary N) is 2. The Morgan fingerprint density at radius 2 is 2.10 bits per heavy atom. The maximum Gasteiger partial charge on any atom is 0.222 e. The number of hydrogen-bond acceptors (Lipinski definition) is 4. The maximum atomic E-state index is 11.7. The number of rotatable bonds is 7. The molecule has 0 aromatic carbocycles. The summed E-state index contributed by atoms with van der Waals surface area (Å²) in [6.45, 7) is 5.14. The third-order valence-corrected chi connectivity index (χ3v) is 4.12. The standard InChI is InChI=1S/C15H28N2O3.ClH/c18-15(6-11-20-14-4-9-19-10-5-14)17-8-3-13-2-1-7-16-12-13;/h13-14,16H,1-12H2,(H,17,18);1H. The Bertz CT molecular complexity index is 254. The van der Waals surface area contributed by atoms with Crippen LogP contribution in [-0.2, 0) is 14.3 Å². The first-order chi connectivity index (χ1) is 9.84. The molecule has 5 nitrogen and oxygen atoms in total. The summed E-state index contributed by atoms with van der Waals surface area (Å²) in [5.41, 5.74) is 0. The van der Waals surface area contributed by atoms with E-state index in [0.717, 1.165) is 58.0 Å². The van der Waals surface area contributed by atoms with E-state index in [1.165, 1.54) is 12.8 Å². The van der Waals surface area contributed by atoms with Gasteiger partial charge in [-0.05, 0) is 51.1 Å². The summed E-state index contributed by atoms with van der Waals surface area (Å²) in [7, 11) is 0. The van der Waals surface area contributed by atoms with Crippen LogP contribution < -0.4 is 10.6 Å². The molecule has 0 bridgehead atoms. The van der Waals surface area contributed by atoms with Gasteiger partial charge in [0.25, 0.3) is 0 Å². The summed E-state index contributed by atoms with van der Waals surface area (Å²) < 4.78 is 11.0. The molecular weight excluding hydrogens is 292 g/mol. The molecule has 0 spiro atoms. The smallest absolute Gasteiger partial charge is 0.222 e. The third-order valence-electron chi connectivity index (χ3n) is 4.12. The van der Waals surface area contributed by atoms with Crippen LogP contribution in [-0.4, -0.2) is 51.5 Å². The molecule has 0 saturated carbocycles. The molecule has 1 atom stereocenters. The average molecular weight is 321 g/mol. The van der Waals surface area contributed by atoms with E-state index in [4.69, 9.17) is 9.47 Å². The van der Waals surface area contributed by atoms with E-state index in [1.807, 2.05) is 0 Å². The summed E-state index contributed by atoms with van der Waals surface area (Å²) in [5, 5.41) is 6.40. The lowest BCUT2D eigenvalue weighted by Crippen LogP contribution is -2.33. The van der Waals surface area contributed by atoms with Crippen LogP contribution in [0, 0.1) is 5.92 Å². The Kier molecular flexibility index (Phi) is 10.0. The van der Waals surface area contributed by atoms with E-state index < -0.39 is 0 Å². The Morgan fingerprint density at radius 3 is 2.81 bits per heavy atom. The highest BCUT2D eigenvalue weighted by molar-refractivity contribution is 5.85. The molecule has 2 fully saturated rings. The molecule has 1 unspecified atom stereocenters. The van der Waals surface area contributed by atoms with Gasteiger partial charge in [0.1, 0.15) is 0 Å². The predicted octanol–water partition coefficient (Wildman–Crippen LogP) is 1.50. The summed E-state index contributed by atoms with van der Waals surface area (Å²) in [6.07, 6.45) is 6.30. The zero-order valence-electron chi connectivity index (χ0n) is 12.8. The fourth-order valence-electron chi connectivity index (χ4n) is 2.84. The quantitative estimate of drug-likeness (QED) is 0.746. The lowest BCUT2D eigenvalue weighted by molar-refractivity contribution is -0.123. The zero-order valence-corrected chi connectivity index (χ0v) is 13.6. The molecule has 2 N–H and O–H groups in total. The van der Waals surface area contributed by atoms with Crippen LogP contribution in [0.2, 0.25) is 0 Å². The molecule has 0 aromatic heterocycles. The van der Waals surface area contributed by atoms with Crippen LogP contribution in [0.4, 0.5) is 0 Å². The van der Waals surface area contributed by atoms with Crippen molar-refractivity contribution in [3.8, 4) is 0 Å². The molecule has 6 heteroatoms. The van der Waals surface area contributed by atoms with E-state index in [2.05, 4.69) is 10.6 Å². The first-order valence-electron chi connectivity index (χ1n) is 8.01. The first-order valence-corrected chi connectivity index (χ1v) is 8.01. The zero-order chi connectivity index (χ0) is 14.0. The fourth-order valence-corrected chi connectivity index (χ4v) is 2.84. The van der Waals surface area contributed by atoms with Gasteiger partial charge in [0.2, 0.25) is 5.91 Å². The summed E-state index contributed by atoms with van der Waals surface area (Å²) in [4.78, 5) is 11.7. The highest BCUT2D eigenvalue weighted by Crippen LogP contribution is 2.13. The Hall–Kier alpha value is -0.360. The van der Waals surface area contributed by atoms with Gasteiger partial charge in [-0.15, -0.1) is 12.4 Å². The number of carbonyl (C=O) groups excluding carboxylic acids is 1. The molecule has 21 heavy (non-hydrogen) atoms. The van der Waals surface area contributed by atoms with Gasteiger partial charge < -0.3 is 20.1 Å². The van der Waals surface area contributed by atoms with Crippen molar-refractivity contribution >= 4 is 18.3 Å². The normalized spacial score (nSPS) is 23.3. The number of ether oxygens (including phenoxy) is 2. The second kappa shape index (κ2) is 11.2. The minimum absolute atomic E-state index is 0. The van der Waals surface area contributed by atoms with Crippen molar-refractivity contribution in [3.63, 3.8) is 0 Å². The van der Waals surface area contributed by atoms with Crippen molar-refractivity contribution in [3.05, 3.63) is 0 Å². The van der Waals surface area contributed by atoms with Gasteiger partial charge in [-0.25, -0.2) is 0 Å². The molecule has 1 amide bonds. The van der Waals surface area contributed by atoms with Gasteiger partial charge in [-0.2, -0.15) is 0 Å². The second-order valence-electron chi connectivity index (χ2n) is 5.78. The Morgan fingerprint density at radius 1 is 1.29 bits per heavy atom. The molecule has 124 valence electrons. The van der Waals surface area contributed by atoms with Crippen molar-refractivity contribution in [1.82, 2.24) is 10.6 Å². The number of amides is 1. The van der Waals surface area contributed by atoms with Crippen LogP contribution in [0.1, 0.15) is 38.5 Å². The van der Waals surface area contributed by atoms with Gasteiger partial charge in [-0.1, -0.05) is 0 Å². The first kappa shape index (κ1) is 18.7. The topological polar surface area (TPSA) is 59.6 Å². The van der Waals surface area contributed by atoms with Gasteiger partial charge in [0, 0.05) is 26.2 Å².